The molecule has 0 amide bonds. The molecule has 0 radical (unpaired) electrons. The van der Waals surface area contributed by atoms with Crippen molar-refractivity contribution in [3.8, 4) is 5.75 Å². The maximum absolute atomic E-state index is 9.37. The molecule has 118 valence electrons. The molecule has 1 saturated heterocycles. The maximum Gasteiger partial charge on any atom is 0.146 e. The van der Waals surface area contributed by atoms with Gasteiger partial charge in [-0.15, -0.1) is 0 Å². The number of hydrogen-bond acceptors (Lipinski definition) is 4. The lowest BCUT2D eigenvalue weighted by Gasteiger charge is -2.22. The van der Waals surface area contributed by atoms with Gasteiger partial charge in [0.2, 0.25) is 0 Å². The van der Waals surface area contributed by atoms with Crippen LogP contribution < -0.4 is 4.74 Å². The van der Waals surface area contributed by atoms with Crippen LogP contribution >= 0.6 is 0 Å². The summed E-state index contributed by atoms with van der Waals surface area (Å²) in [5.41, 5.74) is 1.25. The van der Waals surface area contributed by atoms with Gasteiger partial charge in [0.05, 0.1) is 6.61 Å². The number of aliphatic hydroxyl groups excluding tert-OH is 1. The summed E-state index contributed by atoms with van der Waals surface area (Å²) >= 11 is 0. The van der Waals surface area contributed by atoms with Gasteiger partial charge in [-0.1, -0.05) is 12.1 Å². The van der Waals surface area contributed by atoms with E-state index >= 15 is 0 Å². The van der Waals surface area contributed by atoms with Crippen LogP contribution in [0.5, 0.6) is 5.75 Å². The standard InChI is InChI=1S/C17H23N3O2/c1-19-10-8-18-17(19)13-22-16-6-4-14(5-7-16)11-20-9-2-3-15(20)12-21/h4-8,10,15,21H,2-3,9,11-13H2,1H3. The highest BCUT2D eigenvalue weighted by Crippen LogP contribution is 2.21. The van der Waals surface area contributed by atoms with Crippen LogP contribution in [0.3, 0.4) is 0 Å². The van der Waals surface area contributed by atoms with Crippen LogP contribution in [-0.4, -0.2) is 38.8 Å². The van der Waals surface area contributed by atoms with Gasteiger partial charge < -0.3 is 14.4 Å². The maximum atomic E-state index is 9.37. The van der Waals surface area contributed by atoms with Gasteiger partial charge in [-0.2, -0.15) is 0 Å². The van der Waals surface area contributed by atoms with E-state index in [1.165, 1.54) is 12.0 Å². The molecule has 1 aromatic carbocycles. The molecule has 1 unspecified atom stereocenters. The van der Waals surface area contributed by atoms with E-state index in [1.807, 2.05) is 29.9 Å². The Kier molecular flexibility index (Phi) is 4.75. The summed E-state index contributed by atoms with van der Waals surface area (Å²) in [5.74, 6) is 1.76. The zero-order valence-electron chi connectivity index (χ0n) is 13.0. The van der Waals surface area contributed by atoms with Crippen molar-refractivity contribution in [2.75, 3.05) is 13.2 Å². The quantitative estimate of drug-likeness (QED) is 0.886. The molecule has 1 aliphatic rings. The summed E-state index contributed by atoms with van der Waals surface area (Å²) in [4.78, 5) is 6.59. The number of nitrogens with zero attached hydrogens (tertiary/aromatic N) is 3. The van der Waals surface area contributed by atoms with Crippen molar-refractivity contribution < 1.29 is 9.84 Å². The van der Waals surface area contributed by atoms with Crippen molar-refractivity contribution in [1.29, 1.82) is 0 Å². The molecule has 0 aliphatic carbocycles. The molecule has 1 aromatic heterocycles. The smallest absolute Gasteiger partial charge is 0.146 e. The third-order valence-corrected chi connectivity index (χ3v) is 4.31. The Labute approximate surface area is 131 Å². The number of aromatic nitrogens is 2. The van der Waals surface area contributed by atoms with Crippen LogP contribution in [0.4, 0.5) is 0 Å². The predicted molar refractivity (Wildman–Crippen MR) is 84.5 cm³/mol. The lowest BCUT2D eigenvalue weighted by atomic mass is 10.2. The lowest BCUT2D eigenvalue weighted by Crippen LogP contribution is -2.31. The van der Waals surface area contributed by atoms with E-state index in [-0.39, 0.29) is 6.61 Å². The second-order valence-corrected chi connectivity index (χ2v) is 5.84. The normalized spacial score (nSPS) is 18.7. The number of aryl methyl sites for hydroxylation is 1. The van der Waals surface area contributed by atoms with Crippen molar-refractivity contribution in [1.82, 2.24) is 14.5 Å². The minimum atomic E-state index is 0.255. The average molecular weight is 301 g/mol. The number of likely N-dealkylation sites (tertiary alicyclic amines) is 1. The lowest BCUT2D eigenvalue weighted by molar-refractivity contribution is 0.153. The summed E-state index contributed by atoms with van der Waals surface area (Å²) in [5, 5.41) is 9.37. The Balaban J connectivity index is 1.55. The van der Waals surface area contributed by atoms with Gasteiger partial charge in [0.25, 0.3) is 0 Å². The summed E-state index contributed by atoms with van der Waals surface area (Å²) in [7, 11) is 1.96. The zero-order chi connectivity index (χ0) is 15.4. The Bertz CT molecular complexity index is 594. The summed E-state index contributed by atoms with van der Waals surface area (Å²) in [6.07, 6.45) is 5.96. The third-order valence-electron chi connectivity index (χ3n) is 4.31. The minimum Gasteiger partial charge on any atom is -0.486 e. The van der Waals surface area contributed by atoms with Gasteiger partial charge in [-0.25, -0.2) is 4.98 Å². The number of aliphatic hydroxyl groups is 1. The molecule has 3 rings (SSSR count). The molecule has 0 saturated carbocycles. The molecule has 1 fully saturated rings. The molecular weight excluding hydrogens is 278 g/mol. The van der Waals surface area contributed by atoms with Gasteiger partial charge in [-0.05, 0) is 37.1 Å². The van der Waals surface area contributed by atoms with E-state index in [1.54, 1.807) is 6.20 Å². The fraction of sp³-hybridized carbons (Fsp3) is 0.471. The third kappa shape index (κ3) is 3.48. The van der Waals surface area contributed by atoms with Crippen LogP contribution in [0.2, 0.25) is 0 Å². The molecule has 5 heteroatoms. The van der Waals surface area contributed by atoms with E-state index in [4.69, 9.17) is 4.74 Å². The van der Waals surface area contributed by atoms with Crippen LogP contribution in [-0.2, 0) is 20.2 Å². The van der Waals surface area contributed by atoms with Gasteiger partial charge in [0, 0.05) is 32.0 Å². The van der Waals surface area contributed by atoms with Gasteiger partial charge >= 0.3 is 0 Å². The second-order valence-electron chi connectivity index (χ2n) is 5.84. The Morgan fingerprint density at radius 3 is 2.82 bits per heavy atom. The van der Waals surface area contributed by atoms with Crippen molar-refractivity contribution >= 4 is 0 Å². The Morgan fingerprint density at radius 1 is 1.32 bits per heavy atom. The molecule has 1 atom stereocenters. The Morgan fingerprint density at radius 2 is 2.14 bits per heavy atom. The molecule has 0 bridgehead atoms. The first-order valence-corrected chi connectivity index (χ1v) is 7.79. The summed E-state index contributed by atoms with van der Waals surface area (Å²) in [6, 6.07) is 8.52. The molecule has 1 aliphatic heterocycles. The largest absolute Gasteiger partial charge is 0.486 e. The van der Waals surface area contributed by atoms with Crippen molar-refractivity contribution in [3.63, 3.8) is 0 Å². The summed E-state index contributed by atoms with van der Waals surface area (Å²) < 4.78 is 7.72. The topological polar surface area (TPSA) is 50.5 Å². The highest BCUT2D eigenvalue weighted by atomic mass is 16.5. The predicted octanol–water partition coefficient (Wildman–Crippen LogP) is 1.96. The highest BCUT2D eigenvalue weighted by molar-refractivity contribution is 5.27. The summed E-state index contributed by atoms with van der Waals surface area (Å²) in [6.45, 7) is 2.69. The van der Waals surface area contributed by atoms with Crippen molar-refractivity contribution in [2.45, 2.75) is 32.0 Å². The molecule has 22 heavy (non-hydrogen) atoms. The van der Waals surface area contributed by atoms with E-state index in [2.05, 4.69) is 22.0 Å². The highest BCUT2D eigenvalue weighted by Gasteiger charge is 2.23. The van der Waals surface area contributed by atoms with Crippen molar-refractivity contribution in [3.05, 3.63) is 48.0 Å². The number of rotatable bonds is 6. The van der Waals surface area contributed by atoms with Gasteiger partial charge in [0.15, 0.2) is 0 Å². The van der Waals surface area contributed by atoms with Crippen LogP contribution in [0.15, 0.2) is 36.7 Å². The first kappa shape index (κ1) is 15.1. The number of benzene rings is 1. The fourth-order valence-electron chi connectivity index (χ4n) is 2.92. The molecule has 0 spiro atoms. The molecule has 2 heterocycles. The first-order chi connectivity index (χ1) is 10.8. The minimum absolute atomic E-state index is 0.255. The van der Waals surface area contributed by atoms with Crippen molar-refractivity contribution in [2.24, 2.45) is 7.05 Å². The number of imidazole rings is 1. The van der Waals surface area contributed by atoms with E-state index in [0.717, 1.165) is 31.1 Å². The van der Waals surface area contributed by atoms with Gasteiger partial charge in [0.1, 0.15) is 18.2 Å². The van der Waals surface area contributed by atoms with Gasteiger partial charge in [-0.3, -0.25) is 4.90 Å². The molecule has 5 nitrogen and oxygen atoms in total. The van der Waals surface area contributed by atoms with Crippen LogP contribution in [0.25, 0.3) is 0 Å². The Hall–Kier alpha value is -1.85. The van der Waals surface area contributed by atoms with E-state index in [0.29, 0.717) is 12.6 Å². The molecule has 2 aromatic rings. The number of hydrogen-bond donors (Lipinski definition) is 1. The van der Waals surface area contributed by atoms with Crippen LogP contribution in [0.1, 0.15) is 24.2 Å². The van der Waals surface area contributed by atoms with E-state index in [9.17, 15) is 5.11 Å². The SMILES string of the molecule is Cn1ccnc1COc1ccc(CN2CCCC2CO)cc1. The number of ether oxygens (including phenoxy) is 1. The second kappa shape index (κ2) is 6.94. The zero-order valence-corrected chi connectivity index (χ0v) is 13.0. The monoisotopic (exact) mass is 301 g/mol. The first-order valence-electron chi connectivity index (χ1n) is 7.79. The molecule has 1 N–H and O–H groups in total. The molecular formula is C17H23N3O2. The average Bonchev–Trinajstić information content (AvgIpc) is 3.15. The van der Waals surface area contributed by atoms with E-state index < -0.39 is 0 Å². The van der Waals surface area contributed by atoms with Crippen LogP contribution in [0, 0.1) is 0 Å². The fourth-order valence-corrected chi connectivity index (χ4v) is 2.92.